The number of carbonyl (C=O) groups is 1. The Kier molecular flexibility index (Phi) is 2.78. The minimum Gasteiger partial charge on any atom is -0.465 e. The van der Waals surface area contributed by atoms with Crippen molar-refractivity contribution in [2.75, 3.05) is 7.11 Å². The van der Waals surface area contributed by atoms with Gasteiger partial charge in [0.15, 0.2) is 5.65 Å². The fourth-order valence-corrected chi connectivity index (χ4v) is 2.13. The van der Waals surface area contributed by atoms with E-state index in [2.05, 4.69) is 17.2 Å². The van der Waals surface area contributed by atoms with E-state index in [-0.39, 0.29) is 11.5 Å². The van der Waals surface area contributed by atoms with Gasteiger partial charge in [-0.2, -0.15) is 0 Å². The molecule has 0 aromatic carbocycles. The van der Waals surface area contributed by atoms with Crippen LogP contribution in [0, 0.1) is 0 Å². The van der Waals surface area contributed by atoms with Crippen molar-refractivity contribution in [3.8, 4) is 0 Å². The molecule has 0 saturated heterocycles. The van der Waals surface area contributed by atoms with Crippen molar-refractivity contribution >= 4 is 11.6 Å². The summed E-state index contributed by atoms with van der Waals surface area (Å²) < 4.78 is 6.67. The Labute approximate surface area is 111 Å². The average molecular weight is 259 g/mol. The van der Waals surface area contributed by atoms with Crippen molar-refractivity contribution in [1.29, 1.82) is 0 Å². The van der Waals surface area contributed by atoms with Gasteiger partial charge >= 0.3 is 5.97 Å². The van der Waals surface area contributed by atoms with Crippen LogP contribution in [-0.2, 0) is 11.3 Å². The first-order valence-electron chi connectivity index (χ1n) is 6.40. The lowest BCUT2D eigenvalue weighted by atomic mass is 10.1. The largest absolute Gasteiger partial charge is 0.465 e. The smallest absolute Gasteiger partial charge is 0.341 e. The van der Waals surface area contributed by atoms with Crippen LogP contribution in [0.2, 0.25) is 0 Å². The zero-order valence-corrected chi connectivity index (χ0v) is 11.1. The van der Waals surface area contributed by atoms with Gasteiger partial charge in [0.2, 0.25) is 0 Å². The van der Waals surface area contributed by atoms with Crippen LogP contribution in [0.1, 0.15) is 35.7 Å². The normalized spacial score (nSPS) is 16.5. The van der Waals surface area contributed by atoms with Crippen molar-refractivity contribution < 1.29 is 9.53 Å². The lowest BCUT2D eigenvalue weighted by molar-refractivity contribution is 0.0602. The monoisotopic (exact) mass is 259 g/mol. The third-order valence-electron chi connectivity index (χ3n) is 3.67. The van der Waals surface area contributed by atoms with E-state index in [1.165, 1.54) is 20.0 Å². The van der Waals surface area contributed by atoms with Gasteiger partial charge in [-0.1, -0.05) is 0 Å². The van der Waals surface area contributed by atoms with Crippen LogP contribution in [0.3, 0.4) is 0 Å². The van der Waals surface area contributed by atoms with Crippen LogP contribution < -0.4 is 5.32 Å². The molecule has 1 N–H and O–H groups in total. The standard InChI is InChI=1S/C14H17N3O2/c1-14(3-4-14)16-8-10-7-11(13(18)19-2)12-15-5-6-17(12)9-10/h5-7,9,16H,3-4,8H2,1-2H3. The molecule has 0 amide bonds. The maximum atomic E-state index is 11.8. The van der Waals surface area contributed by atoms with Crippen molar-refractivity contribution in [3.63, 3.8) is 0 Å². The maximum absolute atomic E-state index is 11.8. The number of carbonyl (C=O) groups excluding carboxylic acids is 1. The first-order valence-corrected chi connectivity index (χ1v) is 6.40. The van der Waals surface area contributed by atoms with Gasteiger partial charge in [-0.25, -0.2) is 9.78 Å². The Morgan fingerprint density at radius 1 is 1.58 bits per heavy atom. The number of rotatable bonds is 4. The number of esters is 1. The number of imidazole rings is 1. The predicted molar refractivity (Wildman–Crippen MR) is 71.0 cm³/mol. The van der Waals surface area contributed by atoms with Gasteiger partial charge in [0.1, 0.15) is 5.56 Å². The second-order valence-electron chi connectivity index (χ2n) is 5.33. The Hall–Kier alpha value is -1.88. The summed E-state index contributed by atoms with van der Waals surface area (Å²) in [5.41, 5.74) is 2.47. The lowest BCUT2D eigenvalue weighted by Crippen LogP contribution is -2.27. The molecule has 2 heterocycles. The Bertz CT molecular complexity index is 629. The molecular weight excluding hydrogens is 242 g/mol. The van der Waals surface area contributed by atoms with Gasteiger partial charge in [0.25, 0.3) is 0 Å². The van der Waals surface area contributed by atoms with Crippen LogP contribution in [0.4, 0.5) is 0 Å². The van der Waals surface area contributed by atoms with E-state index < -0.39 is 0 Å². The van der Waals surface area contributed by atoms with E-state index in [0.29, 0.717) is 11.2 Å². The van der Waals surface area contributed by atoms with Crippen molar-refractivity contribution in [1.82, 2.24) is 14.7 Å². The Morgan fingerprint density at radius 3 is 3.05 bits per heavy atom. The van der Waals surface area contributed by atoms with E-state index in [4.69, 9.17) is 4.74 Å². The van der Waals surface area contributed by atoms with Gasteiger partial charge in [0, 0.05) is 30.7 Å². The summed E-state index contributed by atoms with van der Waals surface area (Å²) in [6.45, 7) is 2.96. The van der Waals surface area contributed by atoms with E-state index in [0.717, 1.165) is 12.1 Å². The van der Waals surface area contributed by atoms with Crippen molar-refractivity contribution in [2.45, 2.75) is 31.8 Å². The molecule has 1 aliphatic carbocycles. The molecule has 19 heavy (non-hydrogen) atoms. The summed E-state index contributed by atoms with van der Waals surface area (Å²) >= 11 is 0. The molecule has 1 fully saturated rings. The van der Waals surface area contributed by atoms with Crippen molar-refractivity contribution in [3.05, 3.63) is 35.8 Å². The quantitative estimate of drug-likeness (QED) is 0.850. The highest BCUT2D eigenvalue weighted by atomic mass is 16.5. The summed E-state index contributed by atoms with van der Waals surface area (Å²) in [4.78, 5) is 16.0. The van der Waals surface area contributed by atoms with Crippen LogP contribution in [0.15, 0.2) is 24.7 Å². The van der Waals surface area contributed by atoms with Crippen LogP contribution in [0.5, 0.6) is 0 Å². The summed E-state index contributed by atoms with van der Waals surface area (Å²) in [6.07, 6.45) is 7.94. The highest BCUT2D eigenvalue weighted by Crippen LogP contribution is 2.34. The number of aromatic nitrogens is 2. The SMILES string of the molecule is COC(=O)c1cc(CNC2(C)CC2)cn2ccnc12. The van der Waals surface area contributed by atoms with Crippen molar-refractivity contribution in [2.24, 2.45) is 0 Å². The summed E-state index contributed by atoms with van der Waals surface area (Å²) in [5.74, 6) is -0.351. The van der Waals surface area contributed by atoms with Crippen LogP contribution >= 0.6 is 0 Å². The minimum atomic E-state index is -0.351. The molecule has 2 aromatic heterocycles. The van der Waals surface area contributed by atoms with Gasteiger partial charge in [-0.3, -0.25) is 0 Å². The molecule has 100 valence electrons. The number of nitrogens with one attached hydrogen (secondary N) is 1. The maximum Gasteiger partial charge on any atom is 0.341 e. The Balaban J connectivity index is 1.93. The molecule has 2 aromatic rings. The number of hydrogen-bond acceptors (Lipinski definition) is 4. The Morgan fingerprint density at radius 2 is 2.37 bits per heavy atom. The molecule has 0 unspecified atom stereocenters. The second kappa shape index (κ2) is 4.35. The number of pyridine rings is 1. The molecule has 0 spiro atoms. The molecule has 1 aliphatic rings. The van der Waals surface area contributed by atoms with Gasteiger partial charge in [-0.15, -0.1) is 0 Å². The molecule has 1 saturated carbocycles. The molecule has 0 atom stereocenters. The van der Waals surface area contributed by atoms with Crippen LogP contribution in [-0.4, -0.2) is 28.0 Å². The molecule has 0 aliphatic heterocycles. The van der Waals surface area contributed by atoms with Gasteiger partial charge in [0.05, 0.1) is 7.11 Å². The highest BCUT2D eigenvalue weighted by molar-refractivity contribution is 5.95. The van der Waals surface area contributed by atoms with Gasteiger partial charge < -0.3 is 14.5 Å². The third-order valence-corrected chi connectivity index (χ3v) is 3.67. The molecule has 5 heteroatoms. The summed E-state index contributed by atoms with van der Waals surface area (Å²) in [5, 5.41) is 3.50. The number of ether oxygens (including phenoxy) is 1. The first-order chi connectivity index (χ1) is 9.11. The summed E-state index contributed by atoms with van der Waals surface area (Å²) in [7, 11) is 1.39. The van der Waals surface area contributed by atoms with E-state index in [1.807, 2.05) is 22.9 Å². The van der Waals surface area contributed by atoms with E-state index in [1.54, 1.807) is 6.20 Å². The number of nitrogens with zero attached hydrogens (tertiary/aromatic N) is 2. The van der Waals surface area contributed by atoms with E-state index >= 15 is 0 Å². The first kappa shape index (κ1) is 12.2. The minimum absolute atomic E-state index is 0.273. The molecule has 0 bridgehead atoms. The van der Waals surface area contributed by atoms with E-state index in [9.17, 15) is 4.79 Å². The molecule has 5 nitrogen and oxygen atoms in total. The summed E-state index contributed by atoms with van der Waals surface area (Å²) in [6, 6.07) is 1.85. The zero-order chi connectivity index (χ0) is 13.5. The highest BCUT2D eigenvalue weighted by Gasteiger charge is 2.36. The number of hydrogen-bond donors (Lipinski definition) is 1. The second-order valence-corrected chi connectivity index (χ2v) is 5.33. The van der Waals surface area contributed by atoms with Crippen LogP contribution in [0.25, 0.3) is 5.65 Å². The fraction of sp³-hybridized carbons (Fsp3) is 0.429. The number of methoxy groups -OCH3 is 1. The predicted octanol–water partition coefficient (Wildman–Crippen LogP) is 1.76. The topological polar surface area (TPSA) is 55.6 Å². The molecular formula is C14H17N3O2. The molecule has 3 rings (SSSR count). The zero-order valence-electron chi connectivity index (χ0n) is 11.1. The average Bonchev–Trinajstić information content (AvgIpc) is 2.97. The van der Waals surface area contributed by atoms with Gasteiger partial charge in [-0.05, 0) is 31.4 Å². The number of fused-ring (bicyclic) bond motifs is 1. The lowest BCUT2D eigenvalue weighted by Gasteiger charge is -2.12. The third kappa shape index (κ3) is 2.33. The fourth-order valence-electron chi connectivity index (χ4n) is 2.13. The molecule has 0 radical (unpaired) electrons.